The molecule has 2 rings (SSSR count). The standard InChI is InChI=1S/C14H18N4O2/c1-9-3-4-11(5-10(9)2)7-18-8-12(16-17-18)6-13(15)14(19)20/h3-5,8,13H,6-7,15H2,1-2H3,(H,19,20). The number of rotatable bonds is 5. The van der Waals surface area contributed by atoms with Crippen molar-refractivity contribution < 1.29 is 9.90 Å². The third-order valence-electron chi connectivity index (χ3n) is 3.25. The number of aliphatic carboxylic acids is 1. The number of aryl methyl sites for hydroxylation is 2. The molecule has 6 heteroatoms. The van der Waals surface area contributed by atoms with Gasteiger partial charge in [0.05, 0.1) is 12.2 Å². The summed E-state index contributed by atoms with van der Waals surface area (Å²) in [5.74, 6) is -1.03. The Balaban J connectivity index is 2.05. The van der Waals surface area contributed by atoms with Crippen LogP contribution in [0.25, 0.3) is 0 Å². The Bertz CT molecular complexity index is 621. The van der Waals surface area contributed by atoms with Gasteiger partial charge in [-0.25, -0.2) is 4.68 Å². The third-order valence-corrected chi connectivity index (χ3v) is 3.25. The number of hydrogen-bond donors (Lipinski definition) is 2. The molecule has 2 aromatic rings. The second-order valence-corrected chi connectivity index (χ2v) is 4.97. The van der Waals surface area contributed by atoms with E-state index >= 15 is 0 Å². The summed E-state index contributed by atoms with van der Waals surface area (Å²) in [6, 6.07) is 5.29. The zero-order chi connectivity index (χ0) is 14.7. The van der Waals surface area contributed by atoms with Crippen LogP contribution >= 0.6 is 0 Å². The van der Waals surface area contributed by atoms with Gasteiger partial charge in [-0.3, -0.25) is 4.79 Å². The Kier molecular flexibility index (Phi) is 4.14. The van der Waals surface area contributed by atoms with E-state index in [4.69, 9.17) is 10.8 Å². The molecule has 0 aliphatic carbocycles. The molecule has 1 heterocycles. The molecule has 6 nitrogen and oxygen atoms in total. The molecule has 0 spiro atoms. The fourth-order valence-electron chi connectivity index (χ4n) is 1.91. The number of aromatic nitrogens is 3. The fourth-order valence-corrected chi connectivity index (χ4v) is 1.91. The molecule has 0 saturated heterocycles. The quantitative estimate of drug-likeness (QED) is 0.844. The van der Waals surface area contributed by atoms with Gasteiger partial charge in [-0.15, -0.1) is 5.10 Å². The highest BCUT2D eigenvalue weighted by molar-refractivity contribution is 5.73. The first-order valence-corrected chi connectivity index (χ1v) is 6.39. The normalized spacial score (nSPS) is 12.3. The molecule has 106 valence electrons. The van der Waals surface area contributed by atoms with E-state index in [2.05, 4.69) is 36.3 Å². The molecule has 1 unspecified atom stereocenters. The van der Waals surface area contributed by atoms with Crippen molar-refractivity contribution in [1.82, 2.24) is 15.0 Å². The lowest BCUT2D eigenvalue weighted by molar-refractivity contribution is -0.138. The monoisotopic (exact) mass is 274 g/mol. The van der Waals surface area contributed by atoms with Gasteiger partial charge in [-0.1, -0.05) is 23.4 Å². The first-order chi connectivity index (χ1) is 9.45. The van der Waals surface area contributed by atoms with E-state index in [-0.39, 0.29) is 6.42 Å². The Morgan fingerprint density at radius 2 is 2.15 bits per heavy atom. The smallest absolute Gasteiger partial charge is 0.320 e. The highest BCUT2D eigenvalue weighted by Gasteiger charge is 2.14. The van der Waals surface area contributed by atoms with Crippen LogP contribution in [0.3, 0.4) is 0 Å². The maximum Gasteiger partial charge on any atom is 0.320 e. The van der Waals surface area contributed by atoms with Crippen molar-refractivity contribution in [1.29, 1.82) is 0 Å². The molecule has 0 aliphatic heterocycles. The minimum absolute atomic E-state index is 0.183. The van der Waals surface area contributed by atoms with Crippen molar-refractivity contribution in [3.63, 3.8) is 0 Å². The molecule has 0 bridgehead atoms. The predicted molar refractivity (Wildman–Crippen MR) is 74.4 cm³/mol. The second kappa shape index (κ2) is 5.83. The Labute approximate surface area is 117 Å². The summed E-state index contributed by atoms with van der Waals surface area (Å²) < 4.78 is 1.69. The number of benzene rings is 1. The van der Waals surface area contributed by atoms with Gasteiger partial charge in [-0.2, -0.15) is 0 Å². The van der Waals surface area contributed by atoms with Gasteiger partial charge < -0.3 is 10.8 Å². The summed E-state index contributed by atoms with van der Waals surface area (Å²) in [6.07, 6.45) is 1.92. The molecule has 1 atom stereocenters. The molecule has 0 saturated carbocycles. The van der Waals surface area contributed by atoms with Crippen molar-refractivity contribution in [2.24, 2.45) is 5.73 Å². The first kappa shape index (κ1) is 14.2. The highest BCUT2D eigenvalue weighted by Crippen LogP contribution is 2.11. The lowest BCUT2D eigenvalue weighted by atomic mass is 10.1. The van der Waals surface area contributed by atoms with E-state index in [1.807, 2.05) is 6.07 Å². The van der Waals surface area contributed by atoms with Crippen LogP contribution in [-0.2, 0) is 17.8 Å². The largest absolute Gasteiger partial charge is 0.480 e. The maximum absolute atomic E-state index is 10.7. The number of carboxylic acid groups (broad SMARTS) is 1. The Morgan fingerprint density at radius 1 is 1.40 bits per heavy atom. The second-order valence-electron chi connectivity index (χ2n) is 4.97. The Hall–Kier alpha value is -2.21. The van der Waals surface area contributed by atoms with Gasteiger partial charge in [0.2, 0.25) is 0 Å². The van der Waals surface area contributed by atoms with Crippen LogP contribution in [0.2, 0.25) is 0 Å². The van der Waals surface area contributed by atoms with Crippen molar-refractivity contribution in [3.8, 4) is 0 Å². The zero-order valence-electron chi connectivity index (χ0n) is 11.6. The van der Waals surface area contributed by atoms with Crippen LogP contribution in [-0.4, -0.2) is 32.1 Å². The number of nitrogens with zero attached hydrogens (tertiary/aromatic N) is 3. The molecule has 0 aliphatic rings. The topological polar surface area (TPSA) is 94.0 Å². The van der Waals surface area contributed by atoms with E-state index in [9.17, 15) is 4.79 Å². The van der Waals surface area contributed by atoms with Crippen molar-refractivity contribution >= 4 is 5.97 Å². The van der Waals surface area contributed by atoms with Crippen LogP contribution in [0, 0.1) is 13.8 Å². The summed E-state index contributed by atoms with van der Waals surface area (Å²) in [5, 5.41) is 16.7. The highest BCUT2D eigenvalue weighted by atomic mass is 16.4. The van der Waals surface area contributed by atoms with Crippen LogP contribution in [0.5, 0.6) is 0 Å². The van der Waals surface area contributed by atoms with E-state index in [0.29, 0.717) is 12.2 Å². The molecular weight excluding hydrogens is 256 g/mol. The van der Waals surface area contributed by atoms with E-state index in [1.165, 1.54) is 11.1 Å². The fraction of sp³-hybridized carbons (Fsp3) is 0.357. The van der Waals surface area contributed by atoms with Crippen molar-refractivity contribution in [3.05, 3.63) is 46.8 Å². The van der Waals surface area contributed by atoms with Gasteiger partial charge in [0.1, 0.15) is 6.04 Å². The lowest BCUT2D eigenvalue weighted by Gasteiger charge is -2.05. The molecule has 20 heavy (non-hydrogen) atoms. The predicted octanol–water partition coefficient (Wildman–Crippen LogP) is 0.898. The molecule has 3 N–H and O–H groups in total. The number of hydrogen-bond acceptors (Lipinski definition) is 4. The number of carboxylic acids is 1. The molecule has 0 fully saturated rings. The summed E-state index contributed by atoms with van der Waals surface area (Å²) >= 11 is 0. The van der Waals surface area contributed by atoms with Gasteiger partial charge in [-0.05, 0) is 30.5 Å². The van der Waals surface area contributed by atoms with Crippen molar-refractivity contribution in [2.75, 3.05) is 0 Å². The lowest BCUT2D eigenvalue weighted by Crippen LogP contribution is -2.32. The minimum atomic E-state index is -1.03. The summed E-state index contributed by atoms with van der Waals surface area (Å²) in [6.45, 7) is 4.74. The van der Waals surface area contributed by atoms with Crippen LogP contribution in [0.15, 0.2) is 24.4 Å². The first-order valence-electron chi connectivity index (χ1n) is 6.39. The summed E-state index contributed by atoms with van der Waals surface area (Å²) in [4.78, 5) is 10.7. The Morgan fingerprint density at radius 3 is 2.80 bits per heavy atom. The van der Waals surface area contributed by atoms with Gasteiger partial charge in [0, 0.05) is 12.6 Å². The van der Waals surface area contributed by atoms with Crippen LogP contribution in [0.4, 0.5) is 0 Å². The van der Waals surface area contributed by atoms with Crippen LogP contribution in [0.1, 0.15) is 22.4 Å². The molecule has 0 amide bonds. The number of nitrogens with two attached hydrogens (primary N) is 1. The van der Waals surface area contributed by atoms with Gasteiger partial charge in [0.15, 0.2) is 0 Å². The van der Waals surface area contributed by atoms with E-state index in [1.54, 1.807) is 10.9 Å². The zero-order valence-corrected chi connectivity index (χ0v) is 11.6. The average molecular weight is 274 g/mol. The third kappa shape index (κ3) is 3.42. The molecule has 1 aromatic carbocycles. The van der Waals surface area contributed by atoms with E-state index < -0.39 is 12.0 Å². The molecule has 0 radical (unpaired) electrons. The molecular formula is C14H18N4O2. The van der Waals surface area contributed by atoms with Crippen LogP contribution < -0.4 is 5.73 Å². The minimum Gasteiger partial charge on any atom is -0.480 e. The average Bonchev–Trinajstić information content (AvgIpc) is 2.81. The summed E-state index contributed by atoms with van der Waals surface area (Å²) in [5.41, 5.74) is 9.67. The van der Waals surface area contributed by atoms with Gasteiger partial charge >= 0.3 is 5.97 Å². The van der Waals surface area contributed by atoms with Crippen molar-refractivity contribution in [2.45, 2.75) is 32.9 Å². The van der Waals surface area contributed by atoms with E-state index in [0.717, 1.165) is 5.56 Å². The molecule has 1 aromatic heterocycles. The van der Waals surface area contributed by atoms with Gasteiger partial charge in [0.25, 0.3) is 0 Å². The maximum atomic E-state index is 10.7. The number of carbonyl (C=O) groups is 1. The SMILES string of the molecule is Cc1ccc(Cn2cc(CC(N)C(=O)O)nn2)cc1C. The summed E-state index contributed by atoms with van der Waals surface area (Å²) in [7, 11) is 0.